The monoisotopic (exact) mass is 338 g/mol. The van der Waals surface area contributed by atoms with Crippen molar-refractivity contribution in [2.75, 3.05) is 24.5 Å². The average molecular weight is 338 g/mol. The Bertz CT molecular complexity index is 898. The number of benzene rings is 2. The number of carbonyl (C=O) groups is 1. The third-order valence-corrected chi connectivity index (χ3v) is 3.54. The molecule has 7 heteroatoms. The van der Waals surface area contributed by atoms with Crippen LogP contribution in [0.2, 0.25) is 0 Å². The molecule has 0 aliphatic heterocycles. The van der Waals surface area contributed by atoms with Crippen LogP contribution in [0.3, 0.4) is 0 Å². The molecule has 0 atom stereocenters. The summed E-state index contributed by atoms with van der Waals surface area (Å²) >= 11 is 0. The highest BCUT2D eigenvalue weighted by Gasteiger charge is 2.08. The first kappa shape index (κ1) is 16.5. The molecule has 3 aromatic rings. The number of anilines is 2. The van der Waals surface area contributed by atoms with E-state index in [-0.39, 0.29) is 12.5 Å². The summed E-state index contributed by atoms with van der Waals surface area (Å²) in [6.45, 7) is -0.141. The number of methoxy groups -OCH3 is 1. The molecular weight excluding hydrogens is 320 g/mol. The molecule has 0 aliphatic rings. The molecule has 0 fully saturated rings. The molecule has 0 unspecified atom stereocenters. The Morgan fingerprint density at radius 2 is 2.00 bits per heavy atom. The van der Waals surface area contributed by atoms with Gasteiger partial charge in [-0.1, -0.05) is 18.2 Å². The number of fused-ring (bicyclic) bond motifs is 1. The van der Waals surface area contributed by atoms with Crippen LogP contribution >= 0.6 is 0 Å². The SMILES string of the molecule is COc1cccc(NC(=O)COc2cccc3ccc(NN)nc23)c1. The summed E-state index contributed by atoms with van der Waals surface area (Å²) in [6, 6.07) is 16.3. The number of nitrogens with two attached hydrogens (primary N) is 1. The first-order valence-corrected chi connectivity index (χ1v) is 7.62. The van der Waals surface area contributed by atoms with E-state index in [0.29, 0.717) is 28.5 Å². The summed E-state index contributed by atoms with van der Waals surface area (Å²) in [4.78, 5) is 16.5. The van der Waals surface area contributed by atoms with Crippen LogP contribution in [0.15, 0.2) is 54.6 Å². The first-order chi connectivity index (χ1) is 12.2. The highest BCUT2D eigenvalue weighted by molar-refractivity contribution is 5.92. The highest BCUT2D eigenvalue weighted by Crippen LogP contribution is 2.25. The summed E-state index contributed by atoms with van der Waals surface area (Å²) < 4.78 is 10.8. The van der Waals surface area contributed by atoms with Gasteiger partial charge in [-0.15, -0.1) is 0 Å². The van der Waals surface area contributed by atoms with Gasteiger partial charge in [0.1, 0.15) is 22.8 Å². The highest BCUT2D eigenvalue weighted by atomic mass is 16.5. The maximum atomic E-state index is 12.1. The number of rotatable bonds is 6. The average Bonchev–Trinajstić information content (AvgIpc) is 2.66. The lowest BCUT2D eigenvalue weighted by Gasteiger charge is -2.10. The fraction of sp³-hybridized carbons (Fsp3) is 0.111. The second-order valence-corrected chi connectivity index (χ2v) is 5.24. The Kier molecular flexibility index (Phi) is 4.96. The van der Waals surface area contributed by atoms with Crippen LogP contribution in [0.1, 0.15) is 0 Å². The van der Waals surface area contributed by atoms with Crippen LogP contribution in [-0.4, -0.2) is 24.6 Å². The quantitative estimate of drug-likeness (QED) is 0.472. The molecule has 2 aromatic carbocycles. The van der Waals surface area contributed by atoms with Crippen molar-refractivity contribution >= 4 is 28.3 Å². The van der Waals surface area contributed by atoms with Crippen molar-refractivity contribution in [3.05, 3.63) is 54.6 Å². The van der Waals surface area contributed by atoms with E-state index in [2.05, 4.69) is 15.7 Å². The Balaban J connectivity index is 1.70. The van der Waals surface area contributed by atoms with Crippen molar-refractivity contribution in [3.63, 3.8) is 0 Å². The van der Waals surface area contributed by atoms with Gasteiger partial charge in [-0.2, -0.15) is 0 Å². The van der Waals surface area contributed by atoms with Crippen molar-refractivity contribution in [1.29, 1.82) is 0 Å². The van der Waals surface area contributed by atoms with E-state index in [1.807, 2.05) is 18.2 Å². The summed E-state index contributed by atoms with van der Waals surface area (Å²) in [5.41, 5.74) is 3.77. The fourth-order valence-corrected chi connectivity index (χ4v) is 2.36. The predicted octanol–water partition coefficient (Wildman–Crippen LogP) is 2.55. The van der Waals surface area contributed by atoms with Gasteiger partial charge in [0, 0.05) is 17.1 Å². The van der Waals surface area contributed by atoms with E-state index >= 15 is 0 Å². The predicted molar refractivity (Wildman–Crippen MR) is 96.7 cm³/mol. The van der Waals surface area contributed by atoms with Crippen LogP contribution in [0.4, 0.5) is 11.5 Å². The number of nitrogen functional groups attached to an aromatic ring is 1. The molecule has 25 heavy (non-hydrogen) atoms. The molecule has 1 aromatic heterocycles. The van der Waals surface area contributed by atoms with Gasteiger partial charge in [0.15, 0.2) is 6.61 Å². The van der Waals surface area contributed by atoms with Gasteiger partial charge < -0.3 is 20.2 Å². The topological polar surface area (TPSA) is 98.5 Å². The number of aromatic nitrogens is 1. The van der Waals surface area contributed by atoms with Gasteiger partial charge in [-0.25, -0.2) is 10.8 Å². The summed E-state index contributed by atoms with van der Waals surface area (Å²) in [7, 11) is 1.57. The maximum Gasteiger partial charge on any atom is 0.262 e. The number of carbonyl (C=O) groups excluding carboxylic acids is 1. The maximum absolute atomic E-state index is 12.1. The van der Waals surface area contributed by atoms with E-state index in [4.69, 9.17) is 15.3 Å². The van der Waals surface area contributed by atoms with Crippen molar-refractivity contribution in [2.24, 2.45) is 5.84 Å². The zero-order valence-corrected chi connectivity index (χ0v) is 13.7. The number of nitrogens with zero attached hydrogens (tertiary/aromatic N) is 1. The summed E-state index contributed by atoms with van der Waals surface area (Å²) in [6.07, 6.45) is 0. The molecule has 0 saturated carbocycles. The molecule has 0 aliphatic carbocycles. The number of nitrogens with one attached hydrogen (secondary N) is 2. The molecule has 128 valence electrons. The first-order valence-electron chi connectivity index (χ1n) is 7.62. The third kappa shape index (κ3) is 3.96. The minimum Gasteiger partial charge on any atom is -0.497 e. The van der Waals surface area contributed by atoms with Gasteiger partial charge in [0.2, 0.25) is 0 Å². The summed E-state index contributed by atoms with van der Waals surface area (Å²) in [5, 5.41) is 3.65. The molecule has 4 N–H and O–H groups in total. The Hall–Kier alpha value is -3.32. The number of para-hydroxylation sites is 1. The summed E-state index contributed by atoms with van der Waals surface area (Å²) in [5.74, 6) is 6.81. The normalized spacial score (nSPS) is 10.3. The van der Waals surface area contributed by atoms with Crippen molar-refractivity contribution in [3.8, 4) is 11.5 Å². The molecule has 0 saturated heterocycles. The molecule has 0 spiro atoms. The van der Waals surface area contributed by atoms with Gasteiger partial charge in [-0.05, 0) is 30.3 Å². The minimum atomic E-state index is -0.279. The zero-order chi connectivity index (χ0) is 17.6. The van der Waals surface area contributed by atoms with Crippen molar-refractivity contribution in [2.45, 2.75) is 0 Å². The lowest BCUT2D eigenvalue weighted by molar-refractivity contribution is -0.118. The smallest absolute Gasteiger partial charge is 0.262 e. The number of ether oxygens (including phenoxy) is 2. The number of pyridine rings is 1. The number of hydrogen-bond acceptors (Lipinski definition) is 6. The van der Waals surface area contributed by atoms with Gasteiger partial charge in [0.05, 0.1) is 7.11 Å². The molecule has 0 radical (unpaired) electrons. The molecular formula is C18H18N4O3. The number of hydrazine groups is 1. The second kappa shape index (κ2) is 7.50. The fourth-order valence-electron chi connectivity index (χ4n) is 2.36. The molecule has 1 amide bonds. The molecule has 1 heterocycles. The van der Waals surface area contributed by atoms with Crippen LogP contribution < -0.4 is 26.1 Å². The van der Waals surface area contributed by atoms with E-state index < -0.39 is 0 Å². The molecule has 0 bridgehead atoms. The lowest BCUT2D eigenvalue weighted by atomic mass is 10.2. The molecule has 7 nitrogen and oxygen atoms in total. The van der Waals surface area contributed by atoms with Crippen LogP contribution in [0.5, 0.6) is 11.5 Å². The van der Waals surface area contributed by atoms with Crippen LogP contribution in [-0.2, 0) is 4.79 Å². The van der Waals surface area contributed by atoms with E-state index in [1.165, 1.54) is 0 Å². The molecule has 3 rings (SSSR count). The number of hydrogen-bond donors (Lipinski definition) is 3. The van der Waals surface area contributed by atoms with Gasteiger partial charge in [0.25, 0.3) is 5.91 Å². The van der Waals surface area contributed by atoms with Crippen LogP contribution in [0.25, 0.3) is 10.9 Å². The lowest BCUT2D eigenvalue weighted by Crippen LogP contribution is -2.20. The Morgan fingerprint density at radius 3 is 2.80 bits per heavy atom. The van der Waals surface area contributed by atoms with Crippen molar-refractivity contribution in [1.82, 2.24) is 4.98 Å². The third-order valence-electron chi connectivity index (χ3n) is 3.54. The number of amides is 1. The zero-order valence-electron chi connectivity index (χ0n) is 13.7. The van der Waals surface area contributed by atoms with Crippen LogP contribution in [0, 0.1) is 0 Å². The Morgan fingerprint density at radius 1 is 1.16 bits per heavy atom. The largest absolute Gasteiger partial charge is 0.497 e. The Labute approximate surface area is 144 Å². The minimum absolute atomic E-state index is 0.141. The van der Waals surface area contributed by atoms with Crippen molar-refractivity contribution < 1.29 is 14.3 Å². The van der Waals surface area contributed by atoms with Gasteiger partial charge in [-0.3, -0.25) is 4.79 Å². The second-order valence-electron chi connectivity index (χ2n) is 5.24. The van der Waals surface area contributed by atoms with E-state index in [9.17, 15) is 4.79 Å². The standard InChI is InChI=1S/C18H18N4O3/c1-24-14-6-3-5-13(10-14)20-17(23)11-25-15-7-2-4-12-8-9-16(22-19)21-18(12)15/h2-10H,11,19H2,1H3,(H,20,23)(H,21,22). The van der Waals surface area contributed by atoms with Gasteiger partial charge >= 0.3 is 0 Å². The van der Waals surface area contributed by atoms with E-state index in [0.717, 1.165) is 5.39 Å². The van der Waals surface area contributed by atoms with E-state index in [1.54, 1.807) is 43.5 Å².